The molecule has 0 saturated carbocycles. The summed E-state index contributed by atoms with van der Waals surface area (Å²) in [6.45, 7) is 3.07. The van der Waals surface area contributed by atoms with Gasteiger partial charge in [-0.15, -0.1) is 0 Å². The molecule has 1 aromatic carbocycles. The van der Waals surface area contributed by atoms with E-state index in [1.54, 1.807) is 6.07 Å². The molecule has 0 aliphatic carbocycles. The van der Waals surface area contributed by atoms with E-state index in [1.807, 2.05) is 6.92 Å². The molecule has 1 aliphatic heterocycles. The predicted molar refractivity (Wildman–Crippen MR) is 66.6 cm³/mol. The summed E-state index contributed by atoms with van der Waals surface area (Å²) in [5, 5.41) is 32.7. The minimum absolute atomic E-state index is 0.0460. The molecule has 18 heavy (non-hydrogen) atoms. The van der Waals surface area contributed by atoms with Crippen LogP contribution in [0.1, 0.15) is 24.9 Å². The van der Waals surface area contributed by atoms with Gasteiger partial charge in [-0.05, 0) is 19.1 Å². The van der Waals surface area contributed by atoms with Crippen molar-refractivity contribution in [2.45, 2.75) is 25.0 Å². The highest BCUT2D eigenvalue weighted by Crippen LogP contribution is 2.32. The Bertz CT molecular complexity index is 395. The summed E-state index contributed by atoms with van der Waals surface area (Å²) in [5.41, 5.74) is -0.408. The van der Waals surface area contributed by atoms with Crippen LogP contribution in [0.15, 0.2) is 18.2 Å². The highest BCUT2D eigenvalue weighted by atomic mass is 16.5. The van der Waals surface area contributed by atoms with E-state index >= 15 is 0 Å². The van der Waals surface area contributed by atoms with Crippen molar-refractivity contribution in [3.8, 4) is 11.5 Å². The van der Waals surface area contributed by atoms with Crippen molar-refractivity contribution in [3.63, 3.8) is 0 Å². The maximum atomic E-state index is 10.1. The van der Waals surface area contributed by atoms with E-state index in [0.717, 1.165) is 0 Å². The molecule has 100 valence electrons. The van der Waals surface area contributed by atoms with Crippen molar-refractivity contribution in [1.29, 1.82) is 0 Å². The van der Waals surface area contributed by atoms with Crippen molar-refractivity contribution >= 4 is 0 Å². The average molecular weight is 253 g/mol. The normalized spacial score (nSPS) is 25.2. The Morgan fingerprint density at radius 3 is 2.61 bits per heavy atom. The maximum Gasteiger partial charge on any atom is 0.124 e. The zero-order valence-corrected chi connectivity index (χ0v) is 10.4. The summed E-state index contributed by atoms with van der Waals surface area (Å²) in [6, 6.07) is 4.39. The molecule has 0 bridgehead atoms. The lowest BCUT2D eigenvalue weighted by molar-refractivity contribution is 0.0250. The van der Waals surface area contributed by atoms with E-state index < -0.39 is 5.60 Å². The molecule has 0 spiro atoms. The molecule has 0 amide bonds. The molecule has 0 radical (unpaired) electrons. The van der Waals surface area contributed by atoms with Gasteiger partial charge in [0.25, 0.3) is 0 Å². The largest absolute Gasteiger partial charge is 0.507 e. The van der Waals surface area contributed by atoms with Gasteiger partial charge in [0.2, 0.25) is 0 Å². The number of ether oxygens (including phenoxy) is 1. The molecule has 1 aliphatic rings. The molecule has 1 heterocycles. The summed E-state index contributed by atoms with van der Waals surface area (Å²) >= 11 is 0. The van der Waals surface area contributed by atoms with E-state index in [0.29, 0.717) is 31.7 Å². The molecule has 5 nitrogen and oxygen atoms in total. The van der Waals surface area contributed by atoms with E-state index in [2.05, 4.69) is 5.32 Å². The number of phenolic OH excluding ortho intramolecular Hbond substituents is 2. The number of aromatic hydroxyl groups is 2. The van der Waals surface area contributed by atoms with Crippen molar-refractivity contribution < 1.29 is 20.1 Å². The summed E-state index contributed by atoms with van der Waals surface area (Å²) in [7, 11) is 0. The number of hydrogen-bond acceptors (Lipinski definition) is 5. The van der Waals surface area contributed by atoms with E-state index in [-0.39, 0.29) is 17.5 Å². The van der Waals surface area contributed by atoms with Crippen LogP contribution in [-0.4, -0.2) is 40.7 Å². The zero-order chi connectivity index (χ0) is 13.2. The van der Waals surface area contributed by atoms with Gasteiger partial charge in [0.1, 0.15) is 17.1 Å². The topological polar surface area (TPSA) is 82.0 Å². The third kappa shape index (κ3) is 2.75. The van der Waals surface area contributed by atoms with Gasteiger partial charge < -0.3 is 25.4 Å². The van der Waals surface area contributed by atoms with Crippen molar-refractivity contribution in [2.24, 2.45) is 0 Å². The molecular weight excluding hydrogens is 234 g/mol. The summed E-state index contributed by atoms with van der Waals surface area (Å²) in [5.74, 6) is 0.0920. The quantitative estimate of drug-likeness (QED) is 0.641. The first kappa shape index (κ1) is 13.1. The highest BCUT2D eigenvalue weighted by Gasteiger charge is 2.32. The Morgan fingerprint density at radius 2 is 2.06 bits per heavy atom. The minimum Gasteiger partial charge on any atom is -0.507 e. The van der Waals surface area contributed by atoms with Crippen LogP contribution in [0.4, 0.5) is 0 Å². The summed E-state index contributed by atoms with van der Waals surface area (Å²) in [4.78, 5) is 0. The Morgan fingerprint density at radius 1 is 1.39 bits per heavy atom. The molecule has 1 aromatic rings. The molecule has 1 saturated heterocycles. The second-order valence-corrected chi connectivity index (χ2v) is 4.84. The lowest BCUT2D eigenvalue weighted by Crippen LogP contribution is -2.41. The molecule has 0 aromatic heterocycles. The number of rotatable bonds is 4. The Hall–Kier alpha value is -1.30. The molecule has 4 N–H and O–H groups in total. The lowest BCUT2D eigenvalue weighted by Gasteiger charge is -2.24. The minimum atomic E-state index is -0.853. The van der Waals surface area contributed by atoms with E-state index in [9.17, 15) is 15.3 Å². The SMILES string of the molecule is CC(NCC1(O)CCOC1)c1c(O)cccc1O. The van der Waals surface area contributed by atoms with Gasteiger partial charge in [0.15, 0.2) is 0 Å². The first-order valence-corrected chi connectivity index (χ1v) is 6.06. The molecule has 2 unspecified atom stereocenters. The molecular formula is C13H19NO4. The summed E-state index contributed by atoms with van der Waals surface area (Å²) in [6.07, 6.45) is 0.597. The predicted octanol–water partition coefficient (Wildman–Crippen LogP) is 0.900. The molecule has 2 atom stereocenters. The van der Waals surface area contributed by atoms with Gasteiger partial charge in [-0.25, -0.2) is 0 Å². The van der Waals surface area contributed by atoms with Crippen molar-refractivity contribution in [1.82, 2.24) is 5.32 Å². The van der Waals surface area contributed by atoms with Crippen LogP contribution < -0.4 is 5.32 Å². The second-order valence-electron chi connectivity index (χ2n) is 4.84. The van der Waals surface area contributed by atoms with Crippen LogP contribution in [0.25, 0.3) is 0 Å². The zero-order valence-electron chi connectivity index (χ0n) is 10.4. The fourth-order valence-corrected chi connectivity index (χ4v) is 2.17. The first-order valence-electron chi connectivity index (χ1n) is 6.06. The van der Waals surface area contributed by atoms with Crippen molar-refractivity contribution in [3.05, 3.63) is 23.8 Å². The van der Waals surface area contributed by atoms with E-state index in [1.165, 1.54) is 12.1 Å². The van der Waals surface area contributed by atoms with Gasteiger partial charge >= 0.3 is 0 Å². The Kier molecular flexibility index (Phi) is 3.75. The van der Waals surface area contributed by atoms with Gasteiger partial charge in [0.05, 0.1) is 12.2 Å². The second kappa shape index (κ2) is 5.14. The fraction of sp³-hybridized carbons (Fsp3) is 0.538. The molecule has 2 rings (SSSR count). The number of phenols is 2. The third-order valence-corrected chi connectivity index (χ3v) is 3.31. The lowest BCUT2D eigenvalue weighted by atomic mass is 10.0. The standard InChI is InChI=1S/C13H19NO4/c1-9(12-10(15)3-2-4-11(12)16)14-7-13(17)5-6-18-8-13/h2-4,9,14-17H,5-8H2,1H3. The van der Waals surface area contributed by atoms with Gasteiger partial charge in [0, 0.05) is 25.6 Å². The van der Waals surface area contributed by atoms with E-state index in [4.69, 9.17) is 4.74 Å². The number of aliphatic hydroxyl groups is 1. The highest BCUT2D eigenvalue weighted by molar-refractivity contribution is 5.44. The monoisotopic (exact) mass is 253 g/mol. The maximum absolute atomic E-state index is 10.1. The molecule has 1 fully saturated rings. The van der Waals surface area contributed by atoms with Crippen LogP contribution in [-0.2, 0) is 4.74 Å². The van der Waals surface area contributed by atoms with Gasteiger partial charge in [-0.3, -0.25) is 0 Å². The fourth-order valence-electron chi connectivity index (χ4n) is 2.17. The first-order chi connectivity index (χ1) is 8.52. The van der Waals surface area contributed by atoms with Crippen LogP contribution in [0.3, 0.4) is 0 Å². The third-order valence-electron chi connectivity index (χ3n) is 3.31. The van der Waals surface area contributed by atoms with Crippen LogP contribution in [0, 0.1) is 0 Å². The smallest absolute Gasteiger partial charge is 0.124 e. The average Bonchev–Trinajstić information content (AvgIpc) is 2.74. The number of nitrogens with one attached hydrogen (secondary N) is 1. The Balaban J connectivity index is 2.01. The number of benzene rings is 1. The summed E-state index contributed by atoms with van der Waals surface area (Å²) < 4.78 is 5.16. The number of hydrogen-bond donors (Lipinski definition) is 4. The van der Waals surface area contributed by atoms with Crippen LogP contribution in [0.5, 0.6) is 11.5 Å². The molecule has 5 heteroatoms. The van der Waals surface area contributed by atoms with Crippen LogP contribution in [0.2, 0.25) is 0 Å². The van der Waals surface area contributed by atoms with Crippen molar-refractivity contribution in [2.75, 3.05) is 19.8 Å². The van der Waals surface area contributed by atoms with Gasteiger partial charge in [-0.2, -0.15) is 0 Å². The van der Waals surface area contributed by atoms with Gasteiger partial charge in [-0.1, -0.05) is 6.07 Å². The Labute approximate surface area is 106 Å². The van der Waals surface area contributed by atoms with Crippen LogP contribution >= 0.6 is 0 Å².